The number of thiazole rings is 1. The molecule has 2 aromatic rings. The Bertz CT molecular complexity index is 673. The van der Waals surface area contributed by atoms with Gasteiger partial charge in [0, 0.05) is 23.2 Å². The number of nitrogens with zero attached hydrogens (tertiary/aromatic N) is 3. The number of aryl methyl sites for hydroxylation is 3. The van der Waals surface area contributed by atoms with Gasteiger partial charge in [0.1, 0.15) is 0 Å². The van der Waals surface area contributed by atoms with Gasteiger partial charge in [-0.25, -0.2) is 9.78 Å². The summed E-state index contributed by atoms with van der Waals surface area (Å²) in [5, 5.41) is 12.9. The first-order chi connectivity index (χ1) is 11.1. The maximum Gasteiger partial charge on any atom is 0.324 e. The van der Waals surface area contributed by atoms with Gasteiger partial charge >= 0.3 is 6.03 Å². The molecule has 1 aliphatic heterocycles. The van der Waals surface area contributed by atoms with E-state index in [9.17, 15) is 4.79 Å². The summed E-state index contributed by atoms with van der Waals surface area (Å²) in [5.74, 6) is 0. The Morgan fingerprint density at radius 3 is 2.83 bits per heavy atom. The molecule has 1 atom stereocenters. The van der Waals surface area contributed by atoms with Crippen molar-refractivity contribution in [2.24, 2.45) is 0 Å². The van der Waals surface area contributed by atoms with E-state index in [1.54, 1.807) is 0 Å². The number of hydrogen-bond acceptors (Lipinski definition) is 4. The number of aromatic amines is 1. The van der Waals surface area contributed by atoms with Crippen molar-refractivity contribution >= 4 is 22.5 Å². The van der Waals surface area contributed by atoms with Gasteiger partial charge in [0.2, 0.25) is 0 Å². The van der Waals surface area contributed by atoms with Crippen LogP contribution in [0.3, 0.4) is 0 Å². The summed E-state index contributed by atoms with van der Waals surface area (Å²) in [5.41, 5.74) is 4.13. The quantitative estimate of drug-likeness (QED) is 0.874. The van der Waals surface area contributed by atoms with Crippen molar-refractivity contribution < 1.29 is 4.79 Å². The van der Waals surface area contributed by atoms with Crippen molar-refractivity contribution in [3.8, 4) is 0 Å². The van der Waals surface area contributed by atoms with E-state index < -0.39 is 0 Å². The van der Waals surface area contributed by atoms with Crippen molar-refractivity contribution in [1.29, 1.82) is 0 Å². The minimum absolute atomic E-state index is 0.0637. The Kier molecular flexibility index (Phi) is 4.66. The van der Waals surface area contributed by atoms with Gasteiger partial charge in [-0.1, -0.05) is 12.8 Å². The topological polar surface area (TPSA) is 73.9 Å². The molecule has 0 unspecified atom stereocenters. The fourth-order valence-corrected chi connectivity index (χ4v) is 3.95. The normalized spacial score (nSPS) is 18.7. The predicted molar refractivity (Wildman–Crippen MR) is 91.8 cm³/mol. The Labute approximate surface area is 140 Å². The number of amides is 2. The predicted octanol–water partition coefficient (Wildman–Crippen LogP) is 3.94. The highest BCUT2D eigenvalue weighted by Gasteiger charge is 2.30. The van der Waals surface area contributed by atoms with E-state index in [2.05, 4.69) is 20.5 Å². The van der Waals surface area contributed by atoms with E-state index >= 15 is 0 Å². The summed E-state index contributed by atoms with van der Waals surface area (Å²) in [4.78, 5) is 19.1. The van der Waals surface area contributed by atoms with E-state index in [4.69, 9.17) is 0 Å². The van der Waals surface area contributed by atoms with E-state index in [0.29, 0.717) is 5.13 Å². The van der Waals surface area contributed by atoms with Crippen molar-refractivity contribution in [1.82, 2.24) is 20.1 Å². The monoisotopic (exact) mass is 333 g/mol. The Morgan fingerprint density at radius 1 is 1.35 bits per heavy atom. The summed E-state index contributed by atoms with van der Waals surface area (Å²) in [6, 6.07) is 0.0172. The first kappa shape index (κ1) is 16.0. The molecule has 0 aromatic carbocycles. The standard InChI is InChI=1S/C16H23N5OS/c1-10-9-23-15(17-10)18-16(22)21-8-6-4-5-7-13(21)14-11(2)19-20-12(14)3/h9,13H,4-8H2,1-3H3,(H,19,20)(H,17,18,22)/t13-/m1/s1. The molecule has 1 aliphatic rings. The number of hydrogen-bond donors (Lipinski definition) is 2. The number of likely N-dealkylation sites (tertiary alicyclic amines) is 1. The zero-order chi connectivity index (χ0) is 16.4. The molecule has 0 radical (unpaired) electrons. The lowest BCUT2D eigenvalue weighted by atomic mass is 9.99. The van der Waals surface area contributed by atoms with Gasteiger partial charge in [-0.3, -0.25) is 10.4 Å². The van der Waals surface area contributed by atoms with Crippen LogP contribution in [-0.2, 0) is 0 Å². The van der Waals surface area contributed by atoms with Gasteiger partial charge in [-0.05, 0) is 33.6 Å². The number of carbonyl (C=O) groups excluding carboxylic acids is 1. The second-order valence-electron chi connectivity index (χ2n) is 6.13. The summed E-state index contributed by atoms with van der Waals surface area (Å²) < 4.78 is 0. The van der Waals surface area contributed by atoms with Crippen LogP contribution in [0.25, 0.3) is 0 Å². The van der Waals surface area contributed by atoms with Crippen LogP contribution in [0.2, 0.25) is 0 Å². The van der Waals surface area contributed by atoms with Crippen LogP contribution in [-0.4, -0.2) is 32.7 Å². The fourth-order valence-electron chi connectivity index (χ4n) is 3.28. The van der Waals surface area contributed by atoms with Gasteiger partial charge in [-0.2, -0.15) is 5.10 Å². The second-order valence-corrected chi connectivity index (χ2v) is 6.99. The van der Waals surface area contributed by atoms with Crippen molar-refractivity contribution in [2.45, 2.75) is 52.5 Å². The molecule has 7 heteroatoms. The molecule has 3 heterocycles. The highest BCUT2D eigenvalue weighted by molar-refractivity contribution is 7.13. The lowest BCUT2D eigenvalue weighted by Gasteiger charge is -2.30. The number of carbonyl (C=O) groups is 1. The van der Waals surface area contributed by atoms with Gasteiger partial charge in [0.05, 0.1) is 17.4 Å². The molecular weight excluding hydrogens is 310 g/mol. The first-order valence-electron chi connectivity index (χ1n) is 8.07. The third kappa shape index (κ3) is 3.39. The summed E-state index contributed by atoms with van der Waals surface area (Å²) in [6.07, 6.45) is 4.31. The molecule has 2 N–H and O–H groups in total. The van der Waals surface area contributed by atoms with Crippen LogP contribution < -0.4 is 5.32 Å². The van der Waals surface area contributed by atoms with Crippen molar-refractivity contribution in [2.75, 3.05) is 11.9 Å². The van der Waals surface area contributed by atoms with E-state index in [1.807, 2.05) is 31.1 Å². The van der Waals surface area contributed by atoms with Crippen LogP contribution in [0.15, 0.2) is 5.38 Å². The van der Waals surface area contributed by atoms with E-state index in [0.717, 1.165) is 54.9 Å². The summed E-state index contributed by atoms with van der Waals surface area (Å²) >= 11 is 1.46. The molecule has 0 aliphatic carbocycles. The molecule has 0 saturated carbocycles. The van der Waals surface area contributed by atoms with Gasteiger partial charge < -0.3 is 4.90 Å². The zero-order valence-corrected chi connectivity index (χ0v) is 14.7. The summed E-state index contributed by atoms with van der Waals surface area (Å²) in [7, 11) is 0. The zero-order valence-electron chi connectivity index (χ0n) is 13.8. The molecule has 0 spiro atoms. The molecule has 2 aromatic heterocycles. The van der Waals surface area contributed by atoms with Gasteiger partial charge in [0.15, 0.2) is 5.13 Å². The molecule has 2 amide bonds. The molecule has 1 fully saturated rings. The highest BCUT2D eigenvalue weighted by Crippen LogP contribution is 2.33. The fraction of sp³-hybridized carbons (Fsp3) is 0.562. The minimum Gasteiger partial charge on any atom is -0.317 e. The molecule has 23 heavy (non-hydrogen) atoms. The maximum absolute atomic E-state index is 12.8. The molecule has 1 saturated heterocycles. The lowest BCUT2D eigenvalue weighted by Crippen LogP contribution is -2.38. The smallest absolute Gasteiger partial charge is 0.317 e. The third-order valence-electron chi connectivity index (χ3n) is 4.36. The highest BCUT2D eigenvalue weighted by atomic mass is 32.1. The molecule has 6 nitrogen and oxygen atoms in total. The number of rotatable bonds is 2. The third-order valence-corrected chi connectivity index (χ3v) is 5.24. The maximum atomic E-state index is 12.8. The SMILES string of the molecule is Cc1csc(NC(=O)N2CCCCC[C@@H]2c2c(C)n[nH]c2C)n1. The number of H-pyrrole nitrogens is 1. The minimum atomic E-state index is -0.0637. The largest absolute Gasteiger partial charge is 0.324 e. The number of urea groups is 1. The molecule has 0 bridgehead atoms. The Hall–Kier alpha value is -1.89. The molecular formula is C16H23N5OS. The van der Waals surface area contributed by atoms with Crippen LogP contribution in [0.4, 0.5) is 9.93 Å². The lowest BCUT2D eigenvalue weighted by molar-refractivity contribution is 0.189. The number of nitrogens with one attached hydrogen (secondary N) is 2. The average molecular weight is 333 g/mol. The van der Waals surface area contributed by atoms with Crippen LogP contribution in [0.5, 0.6) is 0 Å². The van der Waals surface area contributed by atoms with Gasteiger partial charge in [0.25, 0.3) is 0 Å². The molecule has 124 valence electrons. The number of anilines is 1. The van der Waals surface area contributed by atoms with Crippen molar-refractivity contribution in [3.63, 3.8) is 0 Å². The van der Waals surface area contributed by atoms with Gasteiger partial charge in [-0.15, -0.1) is 11.3 Å². The van der Waals surface area contributed by atoms with E-state index in [-0.39, 0.29) is 12.1 Å². The number of aromatic nitrogens is 3. The van der Waals surface area contributed by atoms with E-state index in [1.165, 1.54) is 11.3 Å². The Morgan fingerprint density at radius 2 is 2.17 bits per heavy atom. The van der Waals surface area contributed by atoms with Crippen LogP contribution in [0.1, 0.15) is 54.4 Å². The van der Waals surface area contributed by atoms with Crippen molar-refractivity contribution in [3.05, 3.63) is 28.0 Å². The average Bonchev–Trinajstić information content (AvgIpc) is 2.96. The molecule has 3 rings (SSSR count). The van der Waals surface area contributed by atoms with Crippen LogP contribution >= 0.6 is 11.3 Å². The summed E-state index contributed by atoms with van der Waals surface area (Å²) in [6.45, 7) is 6.73. The second kappa shape index (κ2) is 6.70. The van der Waals surface area contributed by atoms with Crippen LogP contribution in [0, 0.1) is 20.8 Å². The Balaban J connectivity index is 1.85. The first-order valence-corrected chi connectivity index (χ1v) is 8.95.